The topological polar surface area (TPSA) is 0 Å². The zero-order valence-electron chi connectivity index (χ0n) is 12.6. The van der Waals surface area contributed by atoms with Gasteiger partial charge in [0.2, 0.25) is 0 Å². The van der Waals surface area contributed by atoms with E-state index in [1.807, 2.05) is 0 Å². The largest absolute Gasteiger partial charge is 0.0880 e. The molecule has 0 aliphatic carbocycles. The molecule has 0 spiro atoms. The molecule has 2 aromatic carbocycles. The van der Waals surface area contributed by atoms with Crippen molar-refractivity contribution in [2.45, 2.75) is 44.4 Å². The molecule has 0 saturated carbocycles. The van der Waals surface area contributed by atoms with Crippen LogP contribution >= 0.6 is 15.9 Å². The van der Waals surface area contributed by atoms with Crippen LogP contribution in [0, 0.1) is 13.8 Å². The summed E-state index contributed by atoms with van der Waals surface area (Å²) in [4.78, 5) is 0.482. The second-order valence-electron chi connectivity index (χ2n) is 5.55. The third-order valence-electron chi connectivity index (χ3n) is 3.85. The highest BCUT2D eigenvalue weighted by Gasteiger charge is 2.23. The third kappa shape index (κ3) is 3.52. The molecule has 0 aliphatic rings. The van der Waals surface area contributed by atoms with E-state index < -0.39 is 0 Å². The molecule has 0 aromatic heterocycles. The van der Waals surface area contributed by atoms with Crippen molar-refractivity contribution in [1.29, 1.82) is 0 Å². The molecule has 0 fully saturated rings. The number of aryl methyl sites for hydroxylation is 2. The SMILES string of the molecule is CCCC(Br)C(c1ccccc1)c1cc(C)ccc1C. The lowest BCUT2D eigenvalue weighted by Crippen LogP contribution is -2.15. The van der Waals surface area contributed by atoms with Gasteiger partial charge in [-0.05, 0) is 37.0 Å². The predicted molar refractivity (Wildman–Crippen MR) is 91.8 cm³/mol. The summed E-state index contributed by atoms with van der Waals surface area (Å²) in [6.07, 6.45) is 2.39. The van der Waals surface area contributed by atoms with Gasteiger partial charge in [-0.2, -0.15) is 0 Å². The molecule has 2 aromatic rings. The fourth-order valence-electron chi connectivity index (χ4n) is 2.78. The van der Waals surface area contributed by atoms with E-state index in [2.05, 4.69) is 85.2 Å². The Bertz CT molecular complexity index is 545. The molecule has 0 aliphatic heterocycles. The summed E-state index contributed by atoms with van der Waals surface area (Å²) in [5.41, 5.74) is 5.57. The first kappa shape index (κ1) is 15.3. The number of hydrogen-bond acceptors (Lipinski definition) is 0. The summed E-state index contributed by atoms with van der Waals surface area (Å²) in [5.74, 6) is 0.427. The highest BCUT2D eigenvalue weighted by molar-refractivity contribution is 9.09. The molecule has 0 nitrogen and oxygen atoms in total. The van der Waals surface area contributed by atoms with E-state index in [1.165, 1.54) is 35.1 Å². The van der Waals surface area contributed by atoms with Crippen LogP contribution in [0.4, 0.5) is 0 Å². The van der Waals surface area contributed by atoms with Crippen LogP contribution in [0.5, 0.6) is 0 Å². The smallest absolute Gasteiger partial charge is 0.0255 e. The summed E-state index contributed by atoms with van der Waals surface area (Å²) in [7, 11) is 0. The Balaban J connectivity index is 2.48. The van der Waals surface area contributed by atoms with Crippen LogP contribution in [0.3, 0.4) is 0 Å². The van der Waals surface area contributed by atoms with Gasteiger partial charge in [-0.3, -0.25) is 0 Å². The van der Waals surface area contributed by atoms with Crippen LogP contribution in [-0.2, 0) is 0 Å². The molecule has 2 unspecified atom stereocenters. The second kappa shape index (κ2) is 7.08. The zero-order chi connectivity index (χ0) is 14.5. The summed E-state index contributed by atoms with van der Waals surface area (Å²) in [6.45, 7) is 6.64. The molecule has 0 bridgehead atoms. The number of rotatable bonds is 5. The van der Waals surface area contributed by atoms with Crippen molar-refractivity contribution in [2.24, 2.45) is 0 Å². The molecule has 1 heteroatoms. The van der Waals surface area contributed by atoms with Gasteiger partial charge in [-0.25, -0.2) is 0 Å². The molecule has 0 amide bonds. The van der Waals surface area contributed by atoms with Crippen molar-refractivity contribution in [1.82, 2.24) is 0 Å². The Labute approximate surface area is 131 Å². The van der Waals surface area contributed by atoms with Gasteiger partial charge in [-0.15, -0.1) is 0 Å². The van der Waals surface area contributed by atoms with Gasteiger partial charge in [-0.1, -0.05) is 83.4 Å². The van der Waals surface area contributed by atoms with Gasteiger partial charge >= 0.3 is 0 Å². The lowest BCUT2D eigenvalue weighted by Gasteiger charge is -2.25. The molecule has 2 rings (SSSR count). The number of halogens is 1. The Morgan fingerprint density at radius 1 is 1.00 bits per heavy atom. The molecule has 106 valence electrons. The fraction of sp³-hybridized carbons (Fsp3) is 0.368. The maximum atomic E-state index is 3.94. The van der Waals surface area contributed by atoms with E-state index in [1.54, 1.807) is 0 Å². The van der Waals surface area contributed by atoms with Crippen LogP contribution < -0.4 is 0 Å². The number of benzene rings is 2. The van der Waals surface area contributed by atoms with Gasteiger partial charge in [0.1, 0.15) is 0 Å². The lowest BCUT2D eigenvalue weighted by atomic mass is 9.84. The number of hydrogen-bond donors (Lipinski definition) is 0. The maximum absolute atomic E-state index is 3.94. The van der Waals surface area contributed by atoms with Crippen molar-refractivity contribution in [2.75, 3.05) is 0 Å². The average Bonchev–Trinajstić information content (AvgIpc) is 2.44. The van der Waals surface area contributed by atoms with Gasteiger partial charge in [0.15, 0.2) is 0 Å². The highest BCUT2D eigenvalue weighted by Crippen LogP contribution is 2.36. The standard InChI is InChI=1S/C19H23Br/c1-4-8-18(20)19(16-9-6-5-7-10-16)17-13-14(2)11-12-15(17)3/h5-7,9-13,18-19H,4,8H2,1-3H3. The van der Waals surface area contributed by atoms with Crippen LogP contribution in [-0.4, -0.2) is 4.83 Å². The fourth-order valence-corrected chi connectivity index (χ4v) is 3.83. The van der Waals surface area contributed by atoms with Gasteiger partial charge in [0.05, 0.1) is 0 Å². The molecule has 0 N–H and O–H groups in total. The molecular formula is C19H23Br. The van der Waals surface area contributed by atoms with E-state index in [4.69, 9.17) is 0 Å². The monoisotopic (exact) mass is 330 g/mol. The van der Waals surface area contributed by atoms with E-state index in [0.717, 1.165) is 0 Å². The average molecular weight is 331 g/mol. The first-order chi connectivity index (χ1) is 9.63. The molecular weight excluding hydrogens is 308 g/mol. The molecule has 20 heavy (non-hydrogen) atoms. The molecule has 2 atom stereocenters. The Kier molecular flexibility index (Phi) is 5.42. The predicted octanol–water partition coefficient (Wildman–Crippen LogP) is 6.00. The third-order valence-corrected chi connectivity index (χ3v) is 4.84. The van der Waals surface area contributed by atoms with Crippen molar-refractivity contribution in [3.8, 4) is 0 Å². The van der Waals surface area contributed by atoms with Crippen molar-refractivity contribution < 1.29 is 0 Å². The summed E-state index contributed by atoms with van der Waals surface area (Å²) in [5, 5.41) is 0. The molecule has 0 heterocycles. The minimum atomic E-state index is 0.427. The van der Waals surface area contributed by atoms with Crippen molar-refractivity contribution >= 4 is 15.9 Å². The van der Waals surface area contributed by atoms with E-state index in [0.29, 0.717) is 10.7 Å². The Morgan fingerprint density at radius 2 is 1.70 bits per heavy atom. The van der Waals surface area contributed by atoms with E-state index >= 15 is 0 Å². The van der Waals surface area contributed by atoms with Crippen LogP contribution in [0.1, 0.15) is 47.9 Å². The maximum Gasteiger partial charge on any atom is 0.0255 e. The van der Waals surface area contributed by atoms with Gasteiger partial charge in [0.25, 0.3) is 0 Å². The first-order valence-corrected chi connectivity index (χ1v) is 8.31. The van der Waals surface area contributed by atoms with Crippen molar-refractivity contribution in [3.63, 3.8) is 0 Å². The minimum Gasteiger partial charge on any atom is -0.0880 e. The van der Waals surface area contributed by atoms with Crippen LogP contribution in [0.25, 0.3) is 0 Å². The van der Waals surface area contributed by atoms with Gasteiger partial charge < -0.3 is 0 Å². The second-order valence-corrected chi connectivity index (χ2v) is 6.73. The van der Waals surface area contributed by atoms with Crippen LogP contribution in [0.2, 0.25) is 0 Å². The summed E-state index contributed by atoms with van der Waals surface area (Å²) < 4.78 is 0. The summed E-state index contributed by atoms with van der Waals surface area (Å²) >= 11 is 3.94. The van der Waals surface area contributed by atoms with Crippen LogP contribution in [0.15, 0.2) is 48.5 Å². The van der Waals surface area contributed by atoms with E-state index in [9.17, 15) is 0 Å². The first-order valence-electron chi connectivity index (χ1n) is 7.39. The number of alkyl halides is 1. The summed E-state index contributed by atoms with van der Waals surface area (Å²) in [6, 6.07) is 17.6. The minimum absolute atomic E-state index is 0.427. The lowest BCUT2D eigenvalue weighted by molar-refractivity contribution is 0.674. The van der Waals surface area contributed by atoms with E-state index in [-0.39, 0.29) is 0 Å². The highest BCUT2D eigenvalue weighted by atomic mass is 79.9. The molecule has 0 radical (unpaired) electrons. The normalized spacial score (nSPS) is 14.0. The quantitative estimate of drug-likeness (QED) is 0.590. The van der Waals surface area contributed by atoms with Crippen molar-refractivity contribution in [3.05, 3.63) is 70.8 Å². The van der Waals surface area contributed by atoms with Gasteiger partial charge in [0, 0.05) is 10.7 Å². The molecule has 0 saturated heterocycles. The zero-order valence-corrected chi connectivity index (χ0v) is 14.2. The Hall–Kier alpha value is -1.08. The Morgan fingerprint density at radius 3 is 2.35 bits per heavy atom.